The van der Waals surface area contributed by atoms with Gasteiger partial charge >= 0.3 is 6.18 Å². The molecule has 0 radical (unpaired) electrons. The molecule has 0 bridgehead atoms. The molecule has 28 heavy (non-hydrogen) atoms. The van der Waals surface area contributed by atoms with Crippen LogP contribution in [0.2, 0.25) is 0 Å². The maximum absolute atomic E-state index is 13.3. The minimum Gasteiger partial charge on any atom is -0.376 e. The quantitative estimate of drug-likeness (QED) is 0.664. The van der Waals surface area contributed by atoms with Gasteiger partial charge in [0.05, 0.1) is 12.1 Å². The van der Waals surface area contributed by atoms with Crippen molar-refractivity contribution >= 4 is 17.3 Å². The number of nitrogens with zero attached hydrogens (tertiary/aromatic N) is 2. The van der Waals surface area contributed by atoms with Gasteiger partial charge in [-0.25, -0.2) is 0 Å². The number of carbonyl (C=O) groups is 1. The molecule has 0 spiro atoms. The molecule has 2 N–H and O–H groups in total. The van der Waals surface area contributed by atoms with Crippen molar-refractivity contribution in [2.24, 2.45) is 0 Å². The Bertz CT molecular complexity index is 982. The molecule has 0 fully saturated rings. The summed E-state index contributed by atoms with van der Waals surface area (Å²) in [7, 11) is 0. The third-order valence-electron chi connectivity index (χ3n) is 3.85. The van der Waals surface area contributed by atoms with Crippen LogP contribution in [-0.4, -0.2) is 16.0 Å². The van der Waals surface area contributed by atoms with E-state index in [0.29, 0.717) is 5.82 Å². The number of rotatable bonds is 5. The molecule has 2 aromatic carbocycles. The van der Waals surface area contributed by atoms with Crippen LogP contribution in [0.4, 0.5) is 24.5 Å². The molecule has 0 atom stereocenters. The number of benzene rings is 2. The van der Waals surface area contributed by atoms with Crippen molar-refractivity contribution in [2.75, 3.05) is 10.6 Å². The molecule has 1 aromatic heterocycles. The van der Waals surface area contributed by atoms with E-state index in [1.807, 2.05) is 31.2 Å². The minimum atomic E-state index is -4.60. The third-order valence-corrected chi connectivity index (χ3v) is 3.85. The van der Waals surface area contributed by atoms with Crippen molar-refractivity contribution < 1.29 is 22.5 Å². The lowest BCUT2D eigenvalue weighted by Gasteiger charge is -2.15. The van der Waals surface area contributed by atoms with Crippen LogP contribution < -0.4 is 10.6 Å². The summed E-state index contributed by atoms with van der Waals surface area (Å²) >= 11 is 0. The standard InChI is InChI=1S/C19H17F3N4O2/c1-11-3-5-13(6-4-11)18-25-17(28-26-18)10-23-16-8-7-14(24-12(2)27)9-15(16)19(20,21)22/h3-9,23H,10H2,1-2H3,(H,24,27). The van der Waals surface area contributed by atoms with Crippen molar-refractivity contribution in [3.8, 4) is 11.4 Å². The number of hydrogen-bond donors (Lipinski definition) is 2. The van der Waals surface area contributed by atoms with Gasteiger partial charge < -0.3 is 15.2 Å². The van der Waals surface area contributed by atoms with E-state index in [1.54, 1.807) is 0 Å². The fraction of sp³-hybridized carbons (Fsp3) is 0.211. The SMILES string of the molecule is CC(=O)Nc1ccc(NCc2nc(-c3ccc(C)cc3)no2)c(C(F)(F)F)c1. The topological polar surface area (TPSA) is 80.0 Å². The van der Waals surface area contributed by atoms with Gasteiger partial charge in [-0.3, -0.25) is 4.79 Å². The highest BCUT2D eigenvalue weighted by Crippen LogP contribution is 2.36. The third kappa shape index (κ3) is 4.67. The maximum Gasteiger partial charge on any atom is 0.418 e. The van der Waals surface area contributed by atoms with Crippen LogP contribution in [0, 0.1) is 6.92 Å². The Morgan fingerprint density at radius 1 is 1.14 bits per heavy atom. The van der Waals surface area contributed by atoms with Gasteiger partial charge in [0.15, 0.2) is 0 Å². The number of aryl methyl sites for hydroxylation is 1. The van der Waals surface area contributed by atoms with Crippen molar-refractivity contribution in [2.45, 2.75) is 26.6 Å². The van der Waals surface area contributed by atoms with Gasteiger partial charge in [0.1, 0.15) is 0 Å². The van der Waals surface area contributed by atoms with E-state index >= 15 is 0 Å². The molecule has 0 saturated heterocycles. The van der Waals surface area contributed by atoms with E-state index in [2.05, 4.69) is 20.8 Å². The molecule has 0 aliphatic heterocycles. The Balaban J connectivity index is 1.77. The van der Waals surface area contributed by atoms with Crippen LogP contribution in [-0.2, 0) is 17.5 Å². The van der Waals surface area contributed by atoms with Crippen molar-refractivity contribution in [3.63, 3.8) is 0 Å². The van der Waals surface area contributed by atoms with Crippen molar-refractivity contribution in [3.05, 3.63) is 59.5 Å². The molecule has 146 valence electrons. The molecule has 0 aliphatic carbocycles. The van der Waals surface area contributed by atoms with E-state index < -0.39 is 17.6 Å². The summed E-state index contributed by atoms with van der Waals surface area (Å²) in [5, 5.41) is 8.85. The number of carbonyl (C=O) groups excluding carboxylic acids is 1. The Morgan fingerprint density at radius 2 is 1.86 bits per heavy atom. The Kier molecular flexibility index (Phi) is 5.34. The zero-order valence-electron chi connectivity index (χ0n) is 15.1. The smallest absolute Gasteiger partial charge is 0.376 e. The highest BCUT2D eigenvalue weighted by molar-refractivity contribution is 5.89. The van der Waals surface area contributed by atoms with Crippen LogP contribution in [0.1, 0.15) is 23.9 Å². The van der Waals surface area contributed by atoms with Gasteiger partial charge in [-0.1, -0.05) is 35.0 Å². The summed E-state index contributed by atoms with van der Waals surface area (Å²) < 4.78 is 45.1. The summed E-state index contributed by atoms with van der Waals surface area (Å²) in [6, 6.07) is 11.0. The first-order valence-electron chi connectivity index (χ1n) is 8.35. The summed E-state index contributed by atoms with van der Waals surface area (Å²) in [6.45, 7) is 3.09. The number of nitrogens with one attached hydrogen (secondary N) is 2. The molecule has 0 aliphatic rings. The van der Waals surface area contributed by atoms with Crippen LogP contribution in [0.5, 0.6) is 0 Å². The molecular weight excluding hydrogens is 373 g/mol. The molecule has 0 saturated carbocycles. The van der Waals surface area contributed by atoms with Gasteiger partial charge in [-0.05, 0) is 25.1 Å². The molecule has 9 heteroatoms. The molecule has 6 nitrogen and oxygen atoms in total. The van der Waals surface area contributed by atoms with E-state index in [-0.39, 0.29) is 23.8 Å². The summed E-state index contributed by atoms with van der Waals surface area (Å²) in [6.07, 6.45) is -4.60. The normalized spacial score (nSPS) is 11.3. The molecule has 1 heterocycles. The van der Waals surface area contributed by atoms with Gasteiger partial charge in [0.25, 0.3) is 0 Å². The summed E-state index contributed by atoms with van der Waals surface area (Å²) in [4.78, 5) is 15.3. The second-order valence-electron chi connectivity index (χ2n) is 6.17. The lowest BCUT2D eigenvalue weighted by Crippen LogP contribution is -2.13. The van der Waals surface area contributed by atoms with Crippen LogP contribution in [0.3, 0.4) is 0 Å². The maximum atomic E-state index is 13.3. The van der Waals surface area contributed by atoms with Crippen molar-refractivity contribution in [1.82, 2.24) is 10.1 Å². The van der Waals surface area contributed by atoms with Gasteiger partial charge in [-0.2, -0.15) is 18.2 Å². The van der Waals surface area contributed by atoms with E-state index in [1.165, 1.54) is 19.1 Å². The molecule has 3 rings (SSSR count). The molecule has 3 aromatic rings. The zero-order chi connectivity index (χ0) is 20.3. The van der Waals surface area contributed by atoms with Crippen LogP contribution in [0.15, 0.2) is 47.0 Å². The van der Waals surface area contributed by atoms with E-state index in [0.717, 1.165) is 17.2 Å². The molecular formula is C19H17F3N4O2. The lowest BCUT2D eigenvalue weighted by atomic mass is 10.1. The summed E-state index contributed by atoms with van der Waals surface area (Å²) in [5.41, 5.74) is 0.825. The highest BCUT2D eigenvalue weighted by Gasteiger charge is 2.34. The predicted octanol–water partition coefficient (Wildman–Crippen LogP) is 4.63. The number of amides is 1. The summed E-state index contributed by atoms with van der Waals surface area (Å²) in [5.74, 6) is 0.0480. The fourth-order valence-corrected chi connectivity index (χ4v) is 2.53. The Hall–Kier alpha value is -3.36. The van der Waals surface area contributed by atoms with Gasteiger partial charge in [0.2, 0.25) is 17.6 Å². The second kappa shape index (κ2) is 7.71. The highest BCUT2D eigenvalue weighted by atomic mass is 19.4. The Labute approximate surface area is 158 Å². The van der Waals surface area contributed by atoms with Crippen LogP contribution in [0.25, 0.3) is 11.4 Å². The first kappa shape index (κ1) is 19.4. The first-order valence-corrected chi connectivity index (χ1v) is 8.35. The number of alkyl halides is 3. The molecule has 0 unspecified atom stereocenters. The molecule has 1 amide bonds. The fourth-order valence-electron chi connectivity index (χ4n) is 2.53. The predicted molar refractivity (Wildman–Crippen MR) is 97.5 cm³/mol. The van der Waals surface area contributed by atoms with Gasteiger partial charge in [0, 0.05) is 23.9 Å². The lowest BCUT2D eigenvalue weighted by molar-refractivity contribution is -0.137. The largest absolute Gasteiger partial charge is 0.418 e. The van der Waals surface area contributed by atoms with E-state index in [4.69, 9.17) is 4.52 Å². The average molecular weight is 390 g/mol. The Morgan fingerprint density at radius 3 is 2.50 bits per heavy atom. The number of anilines is 2. The van der Waals surface area contributed by atoms with Gasteiger partial charge in [-0.15, -0.1) is 0 Å². The monoisotopic (exact) mass is 390 g/mol. The first-order chi connectivity index (χ1) is 13.2. The van der Waals surface area contributed by atoms with Crippen LogP contribution >= 0.6 is 0 Å². The number of aromatic nitrogens is 2. The number of halogens is 3. The minimum absolute atomic E-state index is 0.0600. The van der Waals surface area contributed by atoms with Crippen molar-refractivity contribution in [1.29, 1.82) is 0 Å². The zero-order valence-corrected chi connectivity index (χ0v) is 15.1. The van der Waals surface area contributed by atoms with E-state index in [9.17, 15) is 18.0 Å². The second-order valence-corrected chi connectivity index (χ2v) is 6.17. The average Bonchev–Trinajstić information content (AvgIpc) is 3.09. The number of hydrogen-bond acceptors (Lipinski definition) is 5.